The fraction of sp³-hybridized carbons (Fsp3) is 0.919. The smallest absolute Gasteiger partial charge is 0.306 e. The second-order valence-corrected chi connectivity index (χ2v) is 14.1. The van der Waals surface area contributed by atoms with Gasteiger partial charge in [-0.3, -0.25) is 14.4 Å². The molecule has 1 saturated heterocycles. The molecule has 1 aliphatic rings. The first-order valence-electron chi connectivity index (χ1n) is 19.7. The maximum atomic E-state index is 11.9. The number of rotatable bonds is 38. The molecule has 55 heavy (non-hydrogen) atoms. The molecular formula is C37H69NO16S. The van der Waals surface area contributed by atoms with Crippen molar-refractivity contribution >= 4 is 28.8 Å². The summed E-state index contributed by atoms with van der Waals surface area (Å²) >= 11 is 1.43. The minimum atomic E-state index is -1.55. The molecule has 0 saturated carbocycles. The van der Waals surface area contributed by atoms with Gasteiger partial charge < -0.3 is 68.4 Å². The molecule has 0 unspecified atom stereocenters. The topological polar surface area (TPSA) is 227 Å². The Kier molecular flexibility index (Phi) is 34.5. The first-order chi connectivity index (χ1) is 26.8. The molecule has 1 aliphatic heterocycles. The van der Waals surface area contributed by atoms with Crippen LogP contribution in [0.3, 0.4) is 0 Å². The molecule has 5 atom stereocenters. The van der Waals surface area contributed by atoms with E-state index < -0.39 is 49.2 Å². The number of unbranched alkanes of at least 4 members (excludes halogenated alkanes) is 8. The van der Waals surface area contributed by atoms with Crippen LogP contribution in [0.2, 0.25) is 0 Å². The van der Waals surface area contributed by atoms with Gasteiger partial charge in [-0.25, -0.2) is 0 Å². The zero-order valence-electron chi connectivity index (χ0n) is 32.8. The van der Waals surface area contributed by atoms with Gasteiger partial charge in [0.25, 0.3) is 0 Å². The summed E-state index contributed by atoms with van der Waals surface area (Å²) in [5.41, 5.74) is 0. The van der Waals surface area contributed by atoms with Gasteiger partial charge in [0.1, 0.15) is 31.0 Å². The summed E-state index contributed by atoms with van der Waals surface area (Å²) in [6, 6.07) is 0. The van der Waals surface area contributed by atoms with Gasteiger partial charge in [0.15, 0.2) is 11.4 Å². The van der Waals surface area contributed by atoms with Crippen molar-refractivity contribution in [1.29, 1.82) is 0 Å². The van der Waals surface area contributed by atoms with E-state index in [0.717, 1.165) is 25.2 Å². The molecule has 18 heteroatoms. The average molecular weight is 816 g/mol. The Morgan fingerprint density at radius 1 is 0.582 bits per heavy atom. The summed E-state index contributed by atoms with van der Waals surface area (Å²) in [4.78, 5) is 34.7. The lowest BCUT2D eigenvalue weighted by Crippen LogP contribution is -2.59. The molecule has 324 valence electrons. The lowest BCUT2D eigenvalue weighted by atomic mass is 9.99. The van der Waals surface area contributed by atoms with Gasteiger partial charge in [0.2, 0.25) is 5.91 Å². The van der Waals surface area contributed by atoms with E-state index in [1.54, 1.807) is 6.92 Å². The van der Waals surface area contributed by atoms with E-state index >= 15 is 0 Å². The highest BCUT2D eigenvalue weighted by Gasteiger charge is 2.43. The van der Waals surface area contributed by atoms with E-state index in [1.807, 2.05) is 0 Å². The Morgan fingerprint density at radius 2 is 1.05 bits per heavy atom. The zero-order chi connectivity index (χ0) is 40.2. The number of amides is 1. The van der Waals surface area contributed by atoms with Crippen molar-refractivity contribution in [2.24, 2.45) is 0 Å². The Hall–Kier alpha value is -1.52. The van der Waals surface area contributed by atoms with Gasteiger partial charge in [0.05, 0.1) is 92.3 Å². The number of hydrogen-bond acceptors (Lipinski definition) is 17. The summed E-state index contributed by atoms with van der Waals surface area (Å²) in [5, 5.41) is 41.4. The SMILES string of the molecule is CC(=O)SCCCCCCCCCCCOCCOCCOCCOCCOCCOCCOC(=O)CCC(=O)NCCO[C@H]1O[C@H](CO)[C@@H](O)[C@H](O)[C@@H]1O. The van der Waals surface area contributed by atoms with Crippen molar-refractivity contribution in [3.05, 3.63) is 0 Å². The van der Waals surface area contributed by atoms with Crippen LogP contribution in [0.25, 0.3) is 0 Å². The normalized spacial score (nSPS) is 19.8. The number of aliphatic hydroxyl groups excluding tert-OH is 4. The predicted octanol–water partition coefficient (Wildman–Crippen LogP) is 1.13. The highest BCUT2D eigenvalue weighted by molar-refractivity contribution is 8.13. The number of carbonyl (C=O) groups is 3. The molecule has 1 fully saturated rings. The molecule has 0 spiro atoms. The fourth-order valence-electron chi connectivity index (χ4n) is 5.12. The largest absolute Gasteiger partial charge is 0.463 e. The molecule has 0 aromatic carbocycles. The van der Waals surface area contributed by atoms with Gasteiger partial charge in [-0.1, -0.05) is 56.7 Å². The second kappa shape index (κ2) is 36.8. The average Bonchev–Trinajstić information content (AvgIpc) is 3.17. The third kappa shape index (κ3) is 30.3. The van der Waals surface area contributed by atoms with Gasteiger partial charge in [-0.2, -0.15) is 0 Å². The van der Waals surface area contributed by atoms with Gasteiger partial charge in [-0.15, -0.1) is 0 Å². The number of hydrogen-bond donors (Lipinski definition) is 5. The minimum absolute atomic E-state index is 0.0433. The molecule has 0 radical (unpaired) electrons. The molecule has 0 aromatic heterocycles. The van der Waals surface area contributed by atoms with Crippen LogP contribution in [-0.2, 0) is 57.0 Å². The van der Waals surface area contributed by atoms with E-state index in [2.05, 4.69) is 5.32 Å². The quantitative estimate of drug-likeness (QED) is 0.0435. The molecule has 1 amide bonds. The molecule has 17 nitrogen and oxygen atoms in total. The van der Waals surface area contributed by atoms with Crippen LogP contribution >= 0.6 is 11.8 Å². The lowest BCUT2D eigenvalue weighted by molar-refractivity contribution is -0.300. The summed E-state index contributed by atoms with van der Waals surface area (Å²) < 4.78 is 48.5. The van der Waals surface area contributed by atoms with Crippen LogP contribution in [0.1, 0.15) is 77.6 Å². The number of nitrogens with one attached hydrogen (secondary N) is 1. The van der Waals surface area contributed by atoms with Crippen LogP contribution in [0.5, 0.6) is 0 Å². The van der Waals surface area contributed by atoms with Crippen molar-refractivity contribution < 1.29 is 77.4 Å². The van der Waals surface area contributed by atoms with Crippen molar-refractivity contribution in [2.75, 3.05) is 111 Å². The third-order valence-corrected chi connectivity index (χ3v) is 9.10. The Labute approximate surface area is 330 Å². The highest BCUT2D eigenvalue weighted by atomic mass is 32.2. The van der Waals surface area contributed by atoms with Crippen molar-refractivity contribution in [3.63, 3.8) is 0 Å². The highest BCUT2D eigenvalue weighted by Crippen LogP contribution is 2.21. The fourth-order valence-corrected chi connectivity index (χ4v) is 5.76. The first-order valence-corrected chi connectivity index (χ1v) is 20.7. The molecule has 1 heterocycles. The number of esters is 1. The Balaban J connectivity index is 1.74. The van der Waals surface area contributed by atoms with E-state index in [9.17, 15) is 34.8 Å². The third-order valence-electron chi connectivity index (χ3n) is 8.20. The van der Waals surface area contributed by atoms with Crippen molar-refractivity contribution in [1.82, 2.24) is 5.32 Å². The van der Waals surface area contributed by atoms with Gasteiger partial charge in [0, 0.05) is 32.2 Å². The van der Waals surface area contributed by atoms with Crippen LogP contribution in [-0.4, -0.2) is 180 Å². The molecule has 5 N–H and O–H groups in total. The van der Waals surface area contributed by atoms with Gasteiger partial charge >= 0.3 is 5.97 Å². The van der Waals surface area contributed by atoms with Crippen molar-refractivity contribution in [3.8, 4) is 0 Å². The summed E-state index contributed by atoms with van der Waals surface area (Å²) in [5.74, 6) is 0.00130. The Bertz CT molecular complexity index is 936. The monoisotopic (exact) mass is 815 g/mol. The molecule has 1 rings (SSSR count). The van der Waals surface area contributed by atoms with Crippen LogP contribution < -0.4 is 5.32 Å². The number of ether oxygens (including phenoxy) is 9. The molecule has 0 aromatic rings. The molecular weight excluding hydrogens is 746 g/mol. The van der Waals surface area contributed by atoms with Crippen molar-refractivity contribution in [2.45, 2.75) is 108 Å². The second-order valence-electron chi connectivity index (χ2n) is 12.8. The maximum absolute atomic E-state index is 11.9. The van der Waals surface area contributed by atoms with Crippen LogP contribution in [0, 0.1) is 0 Å². The summed E-state index contributed by atoms with van der Waals surface area (Å²) in [6.45, 7) is 6.63. The Morgan fingerprint density at radius 3 is 1.56 bits per heavy atom. The maximum Gasteiger partial charge on any atom is 0.306 e. The van der Waals surface area contributed by atoms with E-state index in [-0.39, 0.29) is 44.3 Å². The van der Waals surface area contributed by atoms with Crippen LogP contribution in [0.15, 0.2) is 0 Å². The standard InChI is InChI=1S/C37H69NO16S/c1-30(40)55-28-10-8-6-4-2-3-5-7-9-14-46-16-17-47-18-19-48-20-21-49-22-23-50-24-25-51-26-27-52-33(42)12-11-32(41)38-13-15-53-37-36(45)35(44)34(43)31(29-39)54-37/h31,34-37,39,43-45H,2-29H2,1H3,(H,38,41)/t31-,34-,35+,36+,37+/m1/s1. The minimum Gasteiger partial charge on any atom is -0.463 e. The molecule has 0 aliphatic carbocycles. The van der Waals surface area contributed by atoms with E-state index in [0.29, 0.717) is 66.1 Å². The summed E-state index contributed by atoms with van der Waals surface area (Å²) in [7, 11) is 0. The number of carbonyl (C=O) groups excluding carboxylic acids is 3. The predicted molar refractivity (Wildman–Crippen MR) is 203 cm³/mol. The number of thioether (sulfide) groups is 1. The lowest BCUT2D eigenvalue weighted by Gasteiger charge is -2.39. The number of aliphatic hydroxyl groups is 4. The first kappa shape index (κ1) is 51.5. The molecule has 0 bridgehead atoms. The zero-order valence-corrected chi connectivity index (χ0v) is 33.6. The van der Waals surface area contributed by atoms with Crippen LogP contribution in [0.4, 0.5) is 0 Å². The van der Waals surface area contributed by atoms with E-state index in [4.69, 9.17) is 42.6 Å². The van der Waals surface area contributed by atoms with E-state index in [1.165, 1.54) is 56.7 Å². The summed E-state index contributed by atoms with van der Waals surface area (Å²) in [6.07, 6.45) is 3.89. The van der Waals surface area contributed by atoms with Gasteiger partial charge in [-0.05, 0) is 12.8 Å².